The number of hydrogen-bond acceptors (Lipinski definition) is 6. The number of ether oxygens (including phenoxy) is 2. The highest BCUT2D eigenvalue weighted by Crippen LogP contribution is 2.02. The molecule has 0 saturated heterocycles. The van der Waals surface area contributed by atoms with Gasteiger partial charge in [-0.2, -0.15) is 5.26 Å². The molecule has 2 N–H and O–H groups in total. The standard InChI is InChI=1S/C8H10N2O4/c1-3-14-8(12)6(10)5(4-9)7(11)13-2/h3,10H2,1-2H3/b6-5-. The third kappa shape index (κ3) is 2.79. The van der Waals surface area contributed by atoms with E-state index in [4.69, 9.17) is 11.0 Å². The molecule has 0 saturated carbocycles. The molecular formula is C8H10N2O4. The van der Waals surface area contributed by atoms with Crippen molar-refractivity contribution >= 4 is 11.9 Å². The third-order valence-electron chi connectivity index (χ3n) is 1.27. The van der Waals surface area contributed by atoms with Gasteiger partial charge in [-0.05, 0) is 6.92 Å². The first-order chi connectivity index (χ1) is 6.58. The predicted octanol–water partition coefficient (Wildman–Crippen LogP) is -0.541. The Labute approximate surface area is 80.9 Å². The summed E-state index contributed by atoms with van der Waals surface area (Å²) in [5, 5.41) is 8.52. The fourth-order valence-corrected chi connectivity index (χ4v) is 0.629. The van der Waals surface area contributed by atoms with Crippen LogP contribution in [0.3, 0.4) is 0 Å². The molecule has 0 bridgehead atoms. The first-order valence-electron chi connectivity index (χ1n) is 3.73. The van der Waals surface area contributed by atoms with Gasteiger partial charge in [0.2, 0.25) is 0 Å². The molecule has 0 fully saturated rings. The number of rotatable bonds is 3. The molecule has 0 spiro atoms. The summed E-state index contributed by atoms with van der Waals surface area (Å²) in [6, 6.07) is 1.47. The molecule has 0 aliphatic heterocycles. The Morgan fingerprint density at radius 2 is 2.00 bits per heavy atom. The van der Waals surface area contributed by atoms with E-state index in [0.29, 0.717) is 0 Å². The van der Waals surface area contributed by atoms with Crippen LogP contribution < -0.4 is 5.73 Å². The van der Waals surface area contributed by atoms with Crippen molar-refractivity contribution in [3.05, 3.63) is 11.3 Å². The molecule has 0 rings (SSSR count). The fraction of sp³-hybridized carbons (Fsp3) is 0.375. The maximum Gasteiger partial charge on any atom is 0.355 e. The summed E-state index contributed by atoms with van der Waals surface area (Å²) < 4.78 is 8.75. The molecule has 0 unspecified atom stereocenters. The van der Waals surface area contributed by atoms with Crippen LogP contribution in [0.15, 0.2) is 11.3 Å². The van der Waals surface area contributed by atoms with Crippen LogP contribution in [0.25, 0.3) is 0 Å². The summed E-state index contributed by atoms with van der Waals surface area (Å²) >= 11 is 0. The predicted molar refractivity (Wildman–Crippen MR) is 45.5 cm³/mol. The van der Waals surface area contributed by atoms with Crippen LogP contribution in [0, 0.1) is 11.3 Å². The van der Waals surface area contributed by atoms with Gasteiger partial charge < -0.3 is 15.2 Å². The van der Waals surface area contributed by atoms with Gasteiger partial charge in [-0.25, -0.2) is 9.59 Å². The Morgan fingerprint density at radius 1 is 1.43 bits per heavy atom. The fourth-order valence-electron chi connectivity index (χ4n) is 0.629. The quantitative estimate of drug-likeness (QED) is 0.371. The lowest BCUT2D eigenvalue weighted by molar-refractivity contribution is -0.140. The maximum absolute atomic E-state index is 11.0. The molecule has 0 radical (unpaired) electrons. The second-order valence-corrected chi connectivity index (χ2v) is 2.11. The lowest BCUT2D eigenvalue weighted by atomic mass is 10.2. The van der Waals surface area contributed by atoms with Gasteiger partial charge in [0.1, 0.15) is 11.8 Å². The second-order valence-electron chi connectivity index (χ2n) is 2.11. The molecule has 76 valence electrons. The Morgan fingerprint density at radius 3 is 2.36 bits per heavy atom. The number of nitriles is 1. The summed E-state index contributed by atoms with van der Waals surface area (Å²) in [5.41, 5.74) is 4.13. The van der Waals surface area contributed by atoms with Crippen molar-refractivity contribution in [2.45, 2.75) is 6.92 Å². The van der Waals surface area contributed by atoms with Gasteiger partial charge in [-0.3, -0.25) is 0 Å². The van der Waals surface area contributed by atoms with Crippen LogP contribution in [-0.2, 0) is 19.1 Å². The van der Waals surface area contributed by atoms with Crippen molar-refractivity contribution in [2.24, 2.45) is 5.73 Å². The van der Waals surface area contributed by atoms with E-state index in [1.165, 1.54) is 6.07 Å². The number of esters is 2. The van der Waals surface area contributed by atoms with E-state index in [1.807, 2.05) is 0 Å². The van der Waals surface area contributed by atoms with Gasteiger partial charge >= 0.3 is 11.9 Å². The molecule has 0 aromatic heterocycles. The van der Waals surface area contributed by atoms with Gasteiger partial charge in [0.15, 0.2) is 5.57 Å². The van der Waals surface area contributed by atoms with Crippen LogP contribution in [0.2, 0.25) is 0 Å². The number of hydrogen-bond donors (Lipinski definition) is 1. The summed E-state index contributed by atoms with van der Waals surface area (Å²) in [5.74, 6) is -1.87. The lowest BCUT2D eigenvalue weighted by Gasteiger charge is -2.03. The van der Waals surface area contributed by atoms with E-state index in [0.717, 1.165) is 7.11 Å². The van der Waals surface area contributed by atoms with E-state index in [-0.39, 0.29) is 6.61 Å². The van der Waals surface area contributed by atoms with Crippen LogP contribution in [0.1, 0.15) is 6.92 Å². The minimum atomic E-state index is -0.960. The van der Waals surface area contributed by atoms with E-state index in [1.54, 1.807) is 6.92 Å². The van der Waals surface area contributed by atoms with E-state index < -0.39 is 23.2 Å². The molecule has 0 aromatic rings. The summed E-state index contributed by atoms with van der Waals surface area (Å²) in [6.45, 7) is 1.69. The first-order valence-corrected chi connectivity index (χ1v) is 3.73. The van der Waals surface area contributed by atoms with Crippen LogP contribution in [0.5, 0.6) is 0 Å². The second kappa shape index (κ2) is 5.59. The van der Waals surface area contributed by atoms with Gasteiger partial charge in [-0.15, -0.1) is 0 Å². The van der Waals surface area contributed by atoms with Crippen molar-refractivity contribution in [3.8, 4) is 6.07 Å². The number of carbonyl (C=O) groups excluding carboxylic acids is 2. The SMILES string of the molecule is CCOC(=O)/C(N)=C(\C#N)C(=O)OC. The highest BCUT2D eigenvalue weighted by atomic mass is 16.5. The van der Waals surface area contributed by atoms with Crippen molar-refractivity contribution in [3.63, 3.8) is 0 Å². The summed E-state index contributed by atoms with van der Waals surface area (Å²) in [6.07, 6.45) is 0. The van der Waals surface area contributed by atoms with Crippen molar-refractivity contribution in [1.29, 1.82) is 5.26 Å². The summed E-state index contributed by atoms with van der Waals surface area (Å²) in [4.78, 5) is 21.9. The highest BCUT2D eigenvalue weighted by molar-refractivity contribution is 6.02. The van der Waals surface area contributed by atoms with Gasteiger partial charge in [0.25, 0.3) is 0 Å². The Hall–Kier alpha value is -2.03. The smallest absolute Gasteiger partial charge is 0.355 e. The Kier molecular flexibility index (Phi) is 4.78. The number of nitrogens with zero attached hydrogens (tertiary/aromatic N) is 1. The zero-order valence-electron chi connectivity index (χ0n) is 7.86. The minimum absolute atomic E-state index is 0.111. The largest absolute Gasteiger partial charge is 0.465 e. The molecule has 0 aromatic carbocycles. The maximum atomic E-state index is 11.0. The van der Waals surface area contributed by atoms with Crippen molar-refractivity contribution in [2.75, 3.05) is 13.7 Å². The molecule has 14 heavy (non-hydrogen) atoms. The van der Waals surface area contributed by atoms with Gasteiger partial charge in [0.05, 0.1) is 13.7 Å². The molecule has 0 aliphatic carbocycles. The molecule has 0 amide bonds. The molecule has 6 nitrogen and oxygen atoms in total. The lowest BCUT2D eigenvalue weighted by Crippen LogP contribution is -2.20. The molecule has 6 heteroatoms. The third-order valence-corrected chi connectivity index (χ3v) is 1.27. The highest BCUT2D eigenvalue weighted by Gasteiger charge is 2.19. The van der Waals surface area contributed by atoms with E-state index in [2.05, 4.69) is 9.47 Å². The zero-order valence-corrected chi connectivity index (χ0v) is 7.86. The number of nitrogens with two attached hydrogens (primary N) is 1. The molecule has 0 heterocycles. The van der Waals surface area contributed by atoms with Crippen molar-refractivity contribution in [1.82, 2.24) is 0 Å². The molecule has 0 atom stereocenters. The van der Waals surface area contributed by atoms with Crippen LogP contribution >= 0.6 is 0 Å². The van der Waals surface area contributed by atoms with Crippen LogP contribution in [-0.4, -0.2) is 25.7 Å². The minimum Gasteiger partial charge on any atom is -0.465 e. The van der Waals surface area contributed by atoms with E-state index in [9.17, 15) is 9.59 Å². The van der Waals surface area contributed by atoms with E-state index >= 15 is 0 Å². The van der Waals surface area contributed by atoms with Crippen molar-refractivity contribution < 1.29 is 19.1 Å². The average Bonchev–Trinajstić information content (AvgIpc) is 2.18. The summed E-state index contributed by atoms with van der Waals surface area (Å²) in [7, 11) is 1.08. The first kappa shape index (κ1) is 12.0. The average molecular weight is 198 g/mol. The topological polar surface area (TPSA) is 102 Å². The van der Waals surface area contributed by atoms with Crippen LogP contribution in [0.4, 0.5) is 0 Å². The number of carbonyl (C=O) groups is 2. The van der Waals surface area contributed by atoms with Gasteiger partial charge in [0, 0.05) is 0 Å². The molecular weight excluding hydrogens is 188 g/mol. The van der Waals surface area contributed by atoms with Gasteiger partial charge in [-0.1, -0.05) is 0 Å². The Bertz CT molecular complexity index is 314. The number of methoxy groups -OCH3 is 1. The Balaban J connectivity index is 4.95. The zero-order chi connectivity index (χ0) is 11.1. The monoisotopic (exact) mass is 198 g/mol. The normalized spacial score (nSPS) is 10.9. The molecule has 0 aliphatic rings.